The molecule has 10 heavy (non-hydrogen) atoms. The van der Waals surface area contributed by atoms with Gasteiger partial charge in [-0.3, -0.25) is 0 Å². The lowest BCUT2D eigenvalue weighted by Gasteiger charge is -2.23. The van der Waals surface area contributed by atoms with Gasteiger partial charge in [-0.05, 0) is 6.42 Å². The van der Waals surface area contributed by atoms with Crippen molar-refractivity contribution in [1.29, 1.82) is 0 Å². The van der Waals surface area contributed by atoms with E-state index < -0.39 is 12.2 Å². The Bertz CT molecular complexity index is 93.7. The van der Waals surface area contributed by atoms with Crippen LogP contribution in [-0.2, 0) is 9.47 Å². The highest BCUT2D eigenvalue weighted by molar-refractivity contribution is 4.65. The molecular formula is C6H12F2O2. The molecule has 4 heteroatoms. The molecule has 2 nitrogen and oxygen atoms in total. The molecule has 1 unspecified atom stereocenters. The first-order valence-electron chi connectivity index (χ1n) is 3.04. The fourth-order valence-electron chi connectivity index (χ4n) is 0.583. The molecule has 0 saturated carbocycles. The van der Waals surface area contributed by atoms with E-state index in [-0.39, 0.29) is 6.42 Å². The van der Waals surface area contributed by atoms with Crippen molar-refractivity contribution < 1.29 is 18.3 Å². The smallest absolute Gasteiger partial charge is 0.325 e. The van der Waals surface area contributed by atoms with Crippen LogP contribution in [0, 0.1) is 0 Å². The van der Waals surface area contributed by atoms with E-state index in [9.17, 15) is 8.78 Å². The third-order valence-corrected chi connectivity index (χ3v) is 1.29. The molecule has 62 valence electrons. The van der Waals surface area contributed by atoms with Crippen LogP contribution in [0.4, 0.5) is 8.78 Å². The summed E-state index contributed by atoms with van der Waals surface area (Å²) in [5.74, 6) is 0. The second-order valence-electron chi connectivity index (χ2n) is 1.87. The molecule has 0 aromatic rings. The van der Waals surface area contributed by atoms with E-state index in [0.717, 1.165) is 14.2 Å². The van der Waals surface area contributed by atoms with Crippen molar-refractivity contribution in [2.75, 3.05) is 14.2 Å². The molecule has 0 aromatic heterocycles. The molecule has 0 spiro atoms. The SMILES string of the molecule is CCC(F)C(F)(OC)OC. The van der Waals surface area contributed by atoms with Crippen LogP contribution in [-0.4, -0.2) is 26.4 Å². The summed E-state index contributed by atoms with van der Waals surface area (Å²) in [6.45, 7) is 1.51. The molecule has 0 aliphatic heterocycles. The van der Waals surface area contributed by atoms with Gasteiger partial charge in [0.05, 0.1) is 0 Å². The molecule has 0 N–H and O–H groups in total. The van der Waals surface area contributed by atoms with E-state index in [0.29, 0.717) is 0 Å². The Morgan fingerprint density at radius 1 is 1.40 bits per heavy atom. The molecule has 0 bridgehead atoms. The first-order valence-corrected chi connectivity index (χ1v) is 3.04. The van der Waals surface area contributed by atoms with Gasteiger partial charge in [0.15, 0.2) is 6.17 Å². The number of alkyl halides is 2. The zero-order valence-corrected chi connectivity index (χ0v) is 6.36. The van der Waals surface area contributed by atoms with Gasteiger partial charge < -0.3 is 9.47 Å². The molecule has 0 saturated heterocycles. The van der Waals surface area contributed by atoms with Crippen LogP contribution in [0.3, 0.4) is 0 Å². The Hall–Kier alpha value is -0.220. The van der Waals surface area contributed by atoms with Gasteiger partial charge in [0, 0.05) is 14.2 Å². The number of halogens is 2. The molecule has 0 heterocycles. The minimum absolute atomic E-state index is 0.0260. The zero-order chi connectivity index (χ0) is 8.20. The Morgan fingerprint density at radius 3 is 1.90 bits per heavy atom. The lowest BCUT2D eigenvalue weighted by Crippen LogP contribution is -2.38. The summed E-state index contributed by atoms with van der Waals surface area (Å²) in [4.78, 5) is 0. The van der Waals surface area contributed by atoms with Gasteiger partial charge in [-0.2, -0.15) is 4.39 Å². The van der Waals surface area contributed by atoms with Gasteiger partial charge in [0.2, 0.25) is 0 Å². The van der Waals surface area contributed by atoms with E-state index in [1.54, 1.807) is 0 Å². The number of hydrogen-bond acceptors (Lipinski definition) is 2. The molecule has 0 aromatic carbocycles. The predicted octanol–water partition coefficient (Wildman–Crippen LogP) is 1.65. The van der Waals surface area contributed by atoms with Gasteiger partial charge >= 0.3 is 6.04 Å². The van der Waals surface area contributed by atoms with E-state index >= 15 is 0 Å². The summed E-state index contributed by atoms with van der Waals surface area (Å²) < 4.78 is 33.7. The summed E-state index contributed by atoms with van der Waals surface area (Å²) in [7, 11) is 2.12. The van der Waals surface area contributed by atoms with Crippen molar-refractivity contribution in [3.05, 3.63) is 0 Å². The van der Waals surface area contributed by atoms with Crippen molar-refractivity contribution in [2.24, 2.45) is 0 Å². The Labute approximate surface area is 59.1 Å². The van der Waals surface area contributed by atoms with E-state index in [4.69, 9.17) is 0 Å². The molecule has 0 rings (SSSR count). The van der Waals surface area contributed by atoms with Crippen LogP contribution in [0.25, 0.3) is 0 Å². The average molecular weight is 154 g/mol. The van der Waals surface area contributed by atoms with Crippen LogP contribution in [0.2, 0.25) is 0 Å². The van der Waals surface area contributed by atoms with Crippen molar-refractivity contribution in [1.82, 2.24) is 0 Å². The maximum atomic E-state index is 12.8. The summed E-state index contributed by atoms with van der Waals surface area (Å²) in [5, 5.41) is 0. The maximum absolute atomic E-state index is 12.8. The predicted molar refractivity (Wildman–Crippen MR) is 33.0 cm³/mol. The molecule has 0 aliphatic carbocycles. The van der Waals surface area contributed by atoms with Crippen molar-refractivity contribution >= 4 is 0 Å². The highest BCUT2D eigenvalue weighted by atomic mass is 19.2. The highest BCUT2D eigenvalue weighted by Gasteiger charge is 2.39. The topological polar surface area (TPSA) is 18.5 Å². The standard InChI is InChI=1S/C6H12F2O2/c1-4-5(7)6(8,9-2)10-3/h5H,4H2,1-3H3. The fraction of sp³-hybridized carbons (Fsp3) is 1.00. The van der Waals surface area contributed by atoms with Gasteiger partial charge in [0.25, 0.3) is 0 Å². The fourth-order valence-corrected chi connectivity index (χ4v) is 0.583. The lowest BCUT2D eigenvalue weighted by molar-refractivity contribution is -0.323. The van der Waals surface area contributed by atoms with Crippen LogP contribution in [0.15, 0.2) is 0 Å². The summed E-state index contributed by atoms with van der Waals surface area (Å²) in [6, 6.07) is -2.57. The van der Waals surface area contributed by atoms with Gasteiger partial charge in [0.1, 0.15) is 0 Å². The number of methoxy groups -OCH3 is 2. The van der Waals surface area contributed by atoms with Crippen LogP contribution >= 0.6 is 0 Å². The Morgan fingerprint density at radius 2 is 1.80 bits per heavy atom. The average Bonchev–Trinajstić information content (AvgIpc) is 2.01. The molecule has 0 amide bonds. The normalized spacial score (nSPS) is 15.3. The quantitative estimate of drug-likeness (QED) is 0.573. The van der Waals surface area contributed by atoms with E-state index in [2.05, 4.69) is 9.47 Å². The molecule has 1 atom stereocenters. The summed E-state index contributed by atoms with van der Waals surface area (Å²) in [5.41, 5.74) is 0. The van der Waals surface area contributed by atoms with Gasteiger partial charge in [-0.25, -0.2) is 4.39 Å². The van der Waals surface area contributed by atoms with E-state index in [1.165, 1.54) is 6.92 Å². The molecular weight excluding hydrogens is 142 g/mol. The number of ether oxygens (including phenoxy) is 2. The van der Waals surface area contributed by atoms with Crippen LogP contribution in [0.5, 0.6) is 0 Å². The zero-order valence-electron chi connectivity index (χ0n) is 6.36. The molecule has 0 radical (unpaired) electrons. The maximum Gasteiger partial charge on any atom is 0.351 e. The second-order valence-corrected chi connectivity index (χ2v) is 1.87. The summed E-state index contributed by atoms with van der Waals surface area (Å²) in [6.07, 6.45) is -1.71. The van der Waals surface area contributed by atoms with Crippen LogP contribution in [0.1, 0.15) is 13.3 Å². The highest BCUT2D eigenvalue weighted by Crippen LogP contribution is 2.23. The monoisotopic (exact) mass is 154 g/mol. The van der Waals surface area contributed by atoms with Crippen LogP contribution < -0.4 is 0 Å². The third-order valence-electron chi connectivity index (χ3n) is 1.29. The first-order chi connectivity index (χ1) is 4.60. The molecule has 0 fully saturated rings. The second kappa shape index (κ2) is 3.83. The van der Waals surface area contributed by atoms with Gasteiger partial charge in [-0.1, -0.05) is 6.92 Å². The Balaban J connectivity index is 4.02. The van der Waals surface area contributed by atoms with Crippen molar-refractivity contribution in [2.45, 2.75) is 25.6 Å². The number of hydrogen-bond donors (Lipinski definition) is 0. The molecule has 0 aliphatic rings. The Kier molecular flexibility index (Phi) is 3.75. The minimum atomic E-state index is -2.57. The third kappa shape index (κ3) is 1.88. The van der Waals surface area contributed by atoms with Gasteiger partial charge in [-0.15, -0.1) is 0 Å². The lowest BCUT2D eigenvalue weighted by atomic mass is 10.3. The number of rotatable bonds is 4. The van der Waals surface area contributed by atoms with Crippen molar-refractivity contribution in [3.63, 3.8) is 0 Å². The largest absolute Gasteiger partial charge is 0.351 e. The summed E-state index contributed by atoms with van der Waals surface area (Å²) >= 11 is 0. The van der Waals surface area contributed by atoms with E-state index in [1.807, 2.05) is 0 Å². The minimum Gasteiger partial charge on any atom is -0.325 e. The van der Waals surface area contributed by atoms with Crippen molar-refractivity contribution in [3.8, 4) is 0 Å². The first kappa shape index (κ1) is 9.78.